The van der Waals surface area contributed by atoms with Crippen LogP contribution in [0.4, 0.5) is 5.82 Å². The van der Waals surface area contributed by atoms with Crippen LogP contribution in [0.5, 0.6) is 0 Å². The second-order valence-corrected chi connectivity index (χ2v) is 2.88. The van der Waals surface area contributed by atoms with E-state index in [2.05, 4.69) is 15.5 Å². The Balaban J connectivity index is 1.95. The van der Waals surface area contributed by atoms with Crippen molar-refractivity contribution < 1.29 is 0 Å². The van der Waals surface area contributed by atoms with Crippen LogP contribution in [0.15, 0.2) is 18.3 Å². The zero-order valence-electron chi connectivity index (χ0n) is 6.33. The molecule has 11 heavy (non-hydrogen) atoms. The monoisotopic (exact) mass is 149 g/mol. The smallest absolute Gasteiger partial charge is 0.148 e. The summed E-state index contributed by atoms with van der Waals surface area (Å²) in [7, 11) is 0. The number of nitrogens with zero attached hydrogens (tertiary/aromatic N) is 2. The SMILES string of the molecule is c1cnnc(NC2CCC2)c1. The van der Waals surface area contributed by atoms with Crippen LogP contribution < -0.4 is 5.32 Å². The zero-order chi connectivity index (χ0) is 7.52. The summed E-state index contributed by atoms with van der Waals surface area (Å²) in [6.45, 7) is 0. The third kappa shape index (κ3) is 1.48. The van der Waals surface area contributed by atoms with Crippen LogP contribution in [-0.2, 0) is 0 Å². The summed E-state index contributed by atoms with van der Waals surface area (Å²) in [4.78, 5) is 0. The first-order valence-electron chi connectivity index (χ1n) is 3.99. The highest BCUT2D eigenvalue weighted by Crippen LogP contribution is 2.21. The quantitative estimate of drug-likeness (QED) is 0.691. The molecule has 1 aliphatic carbocycles. The molecule has 0 radical (unpaired) electrons. The first-order valence-corrected chi connectivity index (χ1v) is 3.99. The third-order valence-electron chi connectivity index (χ3n) is 2.03. The lowest BCUT2D eigenvalue weighted by atomic mass is 9.93. The van der Waals surface area contributed by atoms with Gasteiger partial charge in [-0.3, -0.25) is 0 Å². The van der Waals surface area contributed by atoms with Crippen LogP contribution in [0.25, 0.3) is 0 Å². The molecular weight excluding hydrogens is 138 g/mol. The Morgan fingerprint density at radius 2 is 2.36 bits per heavy atom. The molecule has 0 bridgehead atoms. The van der Waals surface area contributed by atoms with Gasteiger partial charge in [0.2, 0.25) is 0 Å². The van der Waals surface area contributed by atoms with E-state index in [0.29, 0.717) is 6.04 Å². The van der Waals surface area contributed by atoms with E-state index in [1.165, 1.54) is 19.3 Å². The van der Waals surface area contributed by atoms with Gasteiger partial charge < -0.3 is 5.32 Å². The van der Waals surface area contributed by atoms with Gasteiger partial charge in [-0.05, 0) is 31.4 Å². The average Bonchev–Trinajstić information content (AvgIpc) is 1.99. The molecular formula is C8H11N3. The van der Waals surface area contributed by atoms with Crippen LogP contribution in [0.1, 0.15) is 19.3 Å². The maximum atomic E-state index is 3.94. The summed E-state index contributed by atoms with van der Waals surface area (Å²) in [6.07, 6.45) is 5.58. The first kappa shape index (κ1) is 6.58. The molecule has 58 valence electrons. The Bertz CT molecular complexity index is 218. The van der Waals surface area contributed by atoms with E-state index in [1.807, 2.05) is 12.1 Å². The molecule has 1 aromatic rings. The maximum Gasteiger partial charge on any atom is 0.148 e. The minimum Gasteiger partial charge on any atom is -0.366 e. The summed E-state index contributed by atoms with van der Waals surface area (Å²) in [5, 5.41) is 11.0. The molecule has 2 rings (SSSR count). The van der Waals surface area contributed by atoms with Crippen molar-refractivity contribution in [2.75, 3.05) is 5.32 Å². The number of aromatic nitrogens is 2. The molecule has 1 aromatic heterocycles. The summed E-state index contributed by atoms with van der Waals surface area (Å²) in [5.41, 5.74) is 0. The lowest BCUT2D eigenvalue weighted by Crippen LogP contribution is -2.27. The lowest BCUT2D eigenvalue weighted by Gasteiger charge is -2.26. The topological polar surface area (TPSA) is 37.8 Å². The fraction of sp³-hybridized carbons (Fsp3) is 0.500. The van der Waals surface area contributed by atoms with Gasteiger partial charge in [0, 0.05) is 12.2 Å². The van der Waals surface area contributed by atoms with E-state index in [4.69, 9.17) is 0 Å². The lowest BCUT2D eigenvalue weighted by molar-refractivity contribution is 0.444. The van der Waals surface area contributed by atoms with Gasteiger partial charge >= 0.3 is 0 Å². The molecule has 1 aliphatic rings. The van der Waals surface area contributed by atoms with E-state index in [0.717, 1.165) is 5.82 Å². The van der Waals surface area contributed by atoms with Crippen molar-refractivity contribution in [1.29, 1.82) is 0 Å². The van der Waals surface area contributed by atoms with Crippen molar-refractivity contribution in [2.24, 2.45) is 0 Å². The minimum atomic E-state index is 0.645. The molecule has 0 atom stereocenters. The fourth-order valence-electron chi connectivity index (χ4n) is 1.14. The second kappa shape index (κ2) is 2.86. The minimum absolute atomic E-state index is 0.645. The average molecular weight is 149 g/mol. The molecule has 3 heteroatoms. The van der Waals surface area contributed by atoms with E-state index >= 15 is 0 Å². The molecule has 0 spiro atoms. The molecule has 1 heterocycles. The van der Waals surface area contributed by atoms with Crippen molar-refractivity contribution in [3.05, 3.63) is 18.3 Å². The van der Waals surface area contributed by atoms with E-state index in [-0.39, 0.29) is 0 Å². The summed E-state index contributed by atoms with van der Waals surface area (Å²) in [6, 6.07) is 4.49. The third-order valence-corrected chi connectivity index (χ3v) is 2.03. The number of nitrogens with one attached hydrogen (secondary N) is 1. The molecule has 1 fully saturated rings. The van der Waals surface area contributed by atoms with Crippen LogP contribution in [0, 0.1) is 0 Å². The Morgan fingerprint density at radius 3 is 2.91 bits per heavy atom. The van der Waals surface area contributed by atoms with Crippen LogP contribution in [0.3, 0.4) is 0 Å². The van der Waals surface area contributed by atoms with Gasteiger partial charge in [-0.15, -0.1) is 5.10 Å². The predicted molar refractivity (Wildman–Crippen MR) is 43.3 cm³/mol. The number of hydrogen-bond donors (Lipinski definition) is 1. The van der Waals surface area contributed by atoms with Crippen LogP contribution >= 0.6 is 0 Å². The van der Waals surface area contributed by atoms with Gasteiger partial charge in [-0.25, -0.2) is 0 Å². The number of anilines is 1. The summed E-state index contributed by atoms with van der Waals surface area (Å²) >= 11 is 0. The highest BCUT2D eigenvalue weighted by atomic mass is 15.2. The Labute approximate surface area is 65.8 Å². The van der Waals surface area contributed by atoms with Gasteiger partial charge in [-0.1, -0.05) is 0 Å². The van der Waals surface area contributed by atoms with Gasteiger partial charge in [0.05, 0.1) is 0 Å². The van der Waals surface area contributed by atoms with E-state index in [1.54, 1.807) is 6.20 Å². The largest absolute Gasteiger partial charge is 0.366 e. The van der Waals surface area contributed by atoms with Gasteiger partial charge in [-0.2, -0.15) is 5.10 Å². The Kier molecular flexibility index (Phi) is 1.71. The second-order valence-electron chi connectivity index (χ2n) is 2.88. The molecule has 1 saturated carbocycles. The molecule has 0 amide bonds. The van der Waals surface area contributed by atoms with Crippen molar-refractivity contribution in [2.45, 2.75) is 25.3 Å². The molecule has 0 saturated heterocycles. The van der Waals surface area contributed by atoms with Gasteiger partial charge in [0.1, 0.15) is 5.82 Å². The number of hydrogen-bond acceptors (Lipinski definition) is 3. The predicted octanol–water partition coefficient (Wildman–Crippen LogP) is 1.44. The Hall–Kier alpha value is -1.12. The normalized spacial score (nSPS) is 17.5. The zero-order valence-corrected chi connectivity index (χ0v) is 6.33. The maximum absolute atomic E-state index is 3.94. The number of rotatable bonds is 2. The molecule has 0 aliphatic heterocycles. The van der Waals surface area contributed by atoms with Gasteiger partial charge in [0.25, 0.3) is 0 Å². The molecule has 1 N–H and O–H groups in total. The molecule has 0 aromatic carbocycles. The van der Waals surface area contributed by atoms with Crippen LogP contribution in [-0.4, -0.2) is 16.2 Å². The van der Waals surface area contributed by atoms with Gasteiger partial charge in [0.15, 0.2) is 0 Å². The first-order chi connectivity index (χ1) is 5.45. The fourth-order valence-corrected chi connectivity index (χ4v) is 1.14. The molecule has 3 nitrogen and oxygen atoms in total. The standard InChI is InChI=1S/C8H11N3/c1-3-7(4-1)10-8-5-2-6-9-11-8/h2,5-7H,1,3-4H2,(H,10,11). The van der Waals surface area contributed by atoms with Crippen molar-refractivity contribution in [3.8, 4) is 0 Å². The van der Waals surface area contributed by atoms with E-state index < -0.39 is 0 Å². The molecule has 0 unspecified atom stereocenters. The van der Waals surface area contributed by atoms with E-state index in [9.17, 15) is 0 Å². The summed E-state index contributed by atoms with van der Waals surface area (Å²) in [5.74, 6) is 0.900. The highest BCUT2D eigenvalue weighted by Gasteiger charge is 2.16. The highest BCUT2D eigenvalue weighted by molar-refractivity contribution is 5.33. The van der Waals surface area contributed by atoms with Crippen molar-refractivity contribution >= 4 is 5.82 Å². The van der Waals surface area contributed by atoms with Crippen molar-refractivity contribution in [3.63, 3.8) is 0 Å². The van der Waals surface area contributed by atoms with Crippen LogP contribution in [0.2, 0.25) is 0 Å². The Morgan fingerprint density at radius 1 is 1.45 bits per heavy atom. The van der Waals surface area contributed by atoms with Crippen molar-refractivity contribution in [1.82, 2.24) is 10.2 Å². The summed E-state index contributed by atoms with van der Waals surface area (Å²) < 4.78 is 0.